The molecule has 1 fully saturated rings. The summed E-state index contributed by atoms with van der Waals surface area (Å²) in [6, 6.07) is 3.37. The number of amides is 1. The van der Waals surface area contributed by atoms with E-state index in [1.165, 1.54) is 0 Å². The highest BCUT2D eigenvalue weighted by Gasteiger charge is 2.17. The number of ether oxygens (including phenoxy) is 1. The standard InChI is InChI=1S/C11H15N3O2/c12-10-9(2-1-4-13-10)11(15)14-6-8-3-5-16-7-8/h1-2,4,8H,3,5-7H2,(H2,12,13)(H,14,15). The Morgan fingerprint density at radius 2 is 2.56 bits per heavy atom. The number of hydrogen-bond donors (Lipinski definition) is 2. The lowest BCUT2D eigenvalue weighted by atomic mass is 10.1. The molecule has 1 aromatic heterocycles. The molecule has 0 spiro atoms. The van der Waals surface area contributed by atoms with Crippen molar-refractivity contribution in [1.82, 2.24) is 10.3 Å². The van der Waals surface area contributed by atoms with E-state index in [2.05, 4.69) is 10.3 Å². The summed E-state index contributed by atoms with van der Waals surface area (Å²) in [6.07, 6.45) is 2.57. The molecule has 2 rings (SSSR count). The third kappa shape index (κ3) is 2.49. The van der Waals surface area contributed by atoms with Crippen LogP contribution in [0.2, 0.25) is 0 Å². The first-order chi connectivity index (χ1) is 7.77. The Morgan fingerprint density at radius 1 is 1.69 bits per heavy atom. The van der Waals surface area contributed by atoms with Gasteiger partial charge in [-0.15, -0.1) is 0 Å². The largest absolute Gasteiger partial charge is 0.383 e. The number of anilines is 1. The van der Waals surface area contributed by atoms with Gasteiger partial charge >= 0.3 is 0 Å². The molecule has 0 saturated carbocycles. The monoisotopic (exact) mass is 221 g/mol. The number of pyridine rings is 1. The maximum Gasteiger partial charge on any atom is 0.255 e. The van der Waals surface area contributed by atoms with Gasteiger partial charge < -0.3 is 15.8 Å². The fraction of sp³-hybridized carbons (Fsp3) is 0.455. The van der Waals surface area contributed by atoms with Gasteiger partial charge in [0.05, 0.1) is 12.2 Å². The molecule has 1 aromatic rings. The maximum atomic E-state index is 11.8. The predicted molar refractivity (Wildman–Crippen MR) is 59.9 cm³/mol. The van der Waals surface area contributed by atoms with Crippen LogP contribution in [-0.2, 0) is 4.74 Å². The number of nitrogens with one attached hydrogen (secondary N) is 1. The Kier molecular flexibility index (Phi) is 3.36. The summed E-state index contributed by atoms with van der Waals surface area (Å²) in [5.41, 5.74) is 6.04. The molecule has 1 atom stereocenters. The molecule has 16 heavy (non-hydrogen) atoms. The van der Waals surface area contributed by atoms with Crippen LogP contribution in [0.15, 0.2) is 18.3 Å². The summed E-state index contributed by atoms with van der Waals surface area (Å²) >= 11 is 0. The molecule has 1 amide bonds. The predicted octanol–water partition coefficient (Wildman–Crippen LogP) is 0.430. The first kappa shape index (κ1) is 10.9. The first-order valence-electron chi connectivity index (χ1n) is 5.34. The summed E-state index contributed by atoms with van der Waals surface area (Å²) in [7, 11) is 0. The van der Waals surface area contributed by atoms with Gasteiger partial charge in [-0.2, -0.15) is 0 Å². The van der Waals surface area contributed by atoms with Crippen LogP contribution in [0.1, 0.15) is 16.8 Å². The molecular formula is C11H15N3O2. The Balaban J connectivity index is 1.90. The van der Waals surface area contributed by atoms with E-state index in [9.17, 15) is 4.79 Å². The Hall–Kier alpha value is -1.62. The smallest absolute Gasteiger partial charge is 0.255 e. The number of carbonyl (C=O) groups excluding carboxylic acids is 1. The molecule has 3 N–H and O–H groups in total. The molecule has 5 nitrogen and oxygen atoms in total. The quantitative estimate of drug-likeness (QED) is 0.776. The number of aromatic nitrogens is 1. The van der Waals surface area contributed by atoms with Crippen molar-refractivity contribution in [3.8, 4) is 0 Å². The lowest BCUT2D eigenvalue weighted by Gasteiger charge is -2.10. The van der Waals surface area contributed by atoms with E-state index >= 15 is 0 Å². The van der Waals surface area contributed by atoms with Gasteiger partial charge in [0.15, 0.2) is 0 Å². The molecule has 2 heterocycles. The van der Waals surface area contributed by atoms with E-state index in [-0.39, 0.29) is 11.7 Å². The average molecular weight is 221 g/mol. The minimum Gasteiger partial charge on any atom is -0.383 e. The Morgan fingerprint density at radius 3 is 3.25 bits per heavy atom. The number of hydrogen-bond acceptors (Lipinski definition) is 4. The van der Waals surface area contributed by atoms with Crippen LogP contribution in [0.3, 0.4) is 0 Å². The molecule has 1 aliphatic rings. The van der Waals surface area contributed by atoms with Crippen molar-refractivity contribution in [2.45, 2.75) is 6.42 Å². The Labute approximate surface area is 94.0 Å². The zero-order chi connectivity index (χ0) is 11.4. The maximum absolute atomic E-state index is 11.8. The highest BCUT2D eigenvalue weighted by atomic mass is 16.5. The first-order valence-corrected chi connectivity index (χ1v) is 5.34. The summed E-state index contributed by atoms with van der Waals surface area (Å²) < 4.78 is 5.23. The van der Waals surface area contributed by atoms with Crippen LogP contribution in [0.5, 0.6) is 0 Å². The van der Waals surface area contributed by atoms with Gasteiger partial charge in [-0.05, 0) is 18.6 Å². The van der Waals surface area contributed by atoms with E-state index in [1.54, 1.807) is 18.3 Å². The van der Waals surface area contributed by atoms with Gasteiger partial charge in [-0.1, -0.05) is 0 Å². The SMILES string of the molecule is Nc1ncccc1C(=O)NCC1CCOC1. The van der Waals surface area contributed by atoms with E-state index in [1.807, 2.05) is 0 Å². The third-order valence-electron chi connectivity index (χ3n) is 2.66. The fourth-order valence-electron chi connectivity index (χ4n) is 1.69. The molecular weight excluding hydrogens is 206 g/mol. The summed E-state index contributed by atoms with van der Waals surface area (Å²) in [5.74, 6) is 0.516. The number of carbonyl (C=O) groups is 1. The fourth-order valence-corrected chi connectivity index (χ4v) is 1.69. The molecule has 86 valence electrons. The van der Waals surface area contributed by atoms with Crippen molar-refractivity contribution in [2.75, 3.05) is 25.5 Å². The van der Waals surface area contributed by atoms with Gasteiger partial charge in [0.25, 0.3) is 5.91 Å². The molecule has 0 bridgehead atoms. The van der Waals surface area contributed by atoms with Gasteiger partial charge in [0.1, 0.15) is 5.82 Å². The minimum absolute atomic E-state index is 0.169. The van der Waals surface area contributed by atoms with Crippen LogP contribution in [0.25, 0.3) is 0 Å². The number of rotatable bonds is 3. The third-order valence-corrected chi connectivity index (χ3v) is 2.66. The number of nitrogens with zero attached hydrogens (tertiary/aromatic N) is 1. The summed E-state index contributed by atoms with van der Waals surface area (Å²) in [6.45, 7) is 2.14. The molecule has 1 saturated heterocycles. The summed E-state index contributed by atoms with van der Waals surface area (Å²) in [4.78, 5) is 15.6. The lowest BCUT2D eigenvalue weighted by molar-refractivity contribution is 0.0945. The molecule has 5 heteroatoms. The highest BCUT2D eigenvalue weighted by molar-refractivity contribution is 5.98. The van der Waals surface area contributed by atoms with E-state index in [0.717, 1.165) is 19.6 Å². The Bertz CT molecular complexity index is 375. The molecule has 0 aliphatic carbocycles. The minimum atomic E-state index is -0.169. The molecule has 1 unspecified atom stereocenters. The van der Waals surface area contributed by atoms with Gasteiger partial charge in [0.2, 0.25) is 0 Å². The van der Waals surface area contributed by atoms with E-state index in [4.69, 9.17) is 10.5 Å². The van der Waals surface area contributed by atoms with E-state index in [0.29, 0.717) is 18.0 Å². The summed E-state index contributed by atoms with van der Waals surface area (Å²) in [5, 5.41) is 2.84. The topological polar surface area (TPSA) is 77.2 Å². The molecule has 0 aromatic carbocycles. The van der Waals surface area contributed by atoms with Crippen molar-refractivity contribution < 1.29 is 9.53 Å². The number of nitrogen functional groups attached to an aromatic ring is 1. The van der Waals surface area contributed by atoms with E-state index < -0.39 is 0 Å². The van der Waals surface area contributed by atoms with Crippen molar-refractivity contribution in [2.24, 2.45) is 5.92 Å². The zero-order valence-electron chi connectivity index (χ0n) is 8.98. The van der Waals surface area contributed by atoms with Crippen LogP contribution >= 0.6 is 0 Å². The average Bonchev–Trinajstić information content (AvgIpc) is 2.79. The van der Waals surface area contributed by atoms with Crippen LogP contribution in [0, 0.1) is 5.92 Å². The second kappa shape index (κ2) is 4.94. The van der Waals surface area contributed by atoms with Crippen LogP contribution in [-0.4, -0.2) is 30.6 Å². The second-order valence-corrected chi connectivity index (χ2v) is 3.88. The van der Waals surface area contributed by atoms with Gasteiger partial charge in [-0.25, -0.2) is 4.98 Å². The van der Waals surface area contributed by atoms with Gasteiger partial charge in [-0.3, -0.25) is 4.79 Å². The lowest BCUT2D eigenvalue weighted by Crippen LogP contribution is -2.30. The normalized spacial score (nSPS) is 19.6. The van der Waals surface area contributed by atoms with Crippen molar-refractivity contribution >= 4 is 11.7 Å². The van der Waals surface area contributed by atoms with Crippen LogP contribution in [0.4, 0.5) is 5.82 Å². The second-order valence-electron chi connectivity index (χ2n) is 3.88. The molecule has 1 aliphatic heterocycles. The van der Waals surface area contributed by atoms with Crippen LogP contribution < -0.4 is 11.1 Å². The van der Waals surface area contributed by atoms with Crippen molar-refractivity contribution in [3.63, 3.8) is 0 Å². The van der Waals surface area contributed by atoms with Crippen molar-refractivity contribution in [1.29, 1.82) is 0 Å². The highest BCUT2D eigenvalue weighted by Crippen LogP contribution is 2.11. The zero-order valence-corrected chi connectivity index (χ0v) is 8.98. The van der Waals surface area contributed by atoms with Gasteiger partial charge in [0, 0.05) is 25.3 Å². The van der Waals surface area contributed by atoms with Crippen molar-refractivity contribution in [3.05, 3.63) is 23.9 Å². The molecule has 0 radical (unpaired) electrons. The number of nitrogens with two attached hydrogens (primary N) is 1.